The number of nitrogens with one attached hydrogen (secondary N) is 2. The molecule has 32 heavy (non-hydrogen) atoms. The standard InChI is InChI=1S/C24H31N5O2.HI/c1-25-24(28-14-11-22(12-15-28)31-21-5-3-2-4-6-21)27-17-19-7-9-20(10-8-19)29-16-13-26-23(30)18-29;/h2-10,22H,11-18H2,1H3,(H,25,27)(H,26,30);1H. The van der Waals surface area contributed by atoms with Gasteiger partial charge in [0.25, 0.3) is 0 Å². The zero-order chi connectivity index (χ0) is 21.5. The fourth-order valence-corrected chi connectivity index (χ4v) is 4.07. The summed E-state index contributed by atoms with van der Waals surface area (Å²) in [5.74, 6) is 1.95. The van der Waals surface area contributed by atoms with Crippen molar-refractivity contribution < 1.29 is 9.53 Å². The van der Waals surface area contributed by atoms with Gasteiger partial charge in [-0.25, -0.2) is 0 Å². The van der Waals surface area contributed by atoms with Crippen LogP contribution in [0.15, 0.2) is 59.6 Å². The number of piperazine rings is 1. The zero-order valence-corrected chi connectivity index (χ0v) is 20.8. The molecule has 0 saturated carbocycles. The Bertz CT molecular complexity index is 883. The number of rotatable bonds is 5. The van der Waals surface area contributed by atoms with Crippen LogP contribution in [0.5, 0.6) is 5.75 Å². The van der Waals surface area contributed by atoms with E-state index in [0.717, 1.165) is 49.9 Å². The summed E-state index contributed by atoms with van der Waals surface area (Å²) < 4.78 is 6.10. The molecule has 0 aliphatic carbocycles. The van der Waals surface area contributed by atoms with Gasteiger partial charge in [0.15, 0.2) is 5.96 Å². The Balaban J connectivity index is 0.00000289. The maximum atomic E-state index is 11.6. The molecule has 0 bridgehead atoms. The molecule has 2 saturated heterocycles. The zero-order valence-electron chi connectivity index (χ0n) is 18.5. The molecular weight excluding hydrogens is 517 g/mol. The number of guanidine groups is 1. The molecule has 0 spiro atoms. The van der Waals surface area contributed by atoms with Crippen LogP contribution >= 0.6 is 24.0 Å². The van der Waals surface area contributed by atoms with Crippen LogP contribution in [0.1, 0.15) is 18.4 Å². The van der Waals surface area contributed by atoms with Crippen LogP contribution in [0.2, 0.25) is 0 Å². The Morgan fingerprint density at radius 1 is 1.09 bits per heavy atom. The second-order valence-corrected chi connectivity index (χ2v) is 7.96. The first-order valence-electron chi connectivity index (χ1n) is 11.0. The van der Waals surface area contributed by atoms with Gasteiger partial charge in [-0.05, 0) is 29.8 Å². The van der Waals surface area contributed by atoms with E-state index in [0.29, 0.717) is 19.6 Å². The monoisotopic (exact) mass is 549 g/mol. The minimum atomic E-state index is 0. The largest absolute Gasteiger partial charge is 0.490 e. The van der Waals surface area contributed by atoms with Gasteiger partial charge in [0.05, 0.1) is 6.54 Å². The van der Waals surface area contributed by atoms with E-state index < -0.39 is 0 Å². The van der Waals surface area contributed by atoms with E-state index in [4.69, 9.17) is 4.74 Å². The number of carbonyl (C=O) groups excluding carboxylic acids is 1. The van der Waals surface area contributed by atoms with E-state index in [-0.39, 0.29) is 36.0 Å². The predicted octanol–water partition coefficient (Wildman–Crippen LogP) is 2.86. The Kier molecular flexibility index (Phi) is 9.01. The van der Waals surface area contributed by atoms with Gasteiger partial charge >= 0.3 is 0 Å². The van der Waals surface area contributed by atoms with Crippen molar-refractivity contribution in [1.82, 2.24) is 15.5 Å². The normalized spacial score (nSPS) is 17.4. The van der Waals surface area contributed by atoms with Crippen molar-refractivity contribution in [2.75, 3.05) is 44.7 Å². The number of halogens is 1. The van der Waals surface area contributed by atoms with E-state index in [2.05, 4.69) is 49.7 Å². The first-order chi connectivity index (χ1) is 15.2. The molecule has 2 N–H and O–H groups in total. The third kappa shape index (κ3) is 6.51. The average Bonchev–Trinajstić information content (AvgIpc) is 2.81. The number of likely N-dealkylation sites (tertiary alicyclic amines) is 1. The Labute approximate surface area is 207 Å². The summed E-state index contributed by atoms with van der Waals surface area (Å²) in [6.07, 6.45) is 2.21. The maximum Gasteiger partial charge on any atom is 0.239 e. The Morgan fingerprint density at radius 3 is 2.47 bits per heavy atom. The number of carbonyl (C=O) groups is 1. The van der Waals surface area contributed by atoms with Gasteiger partial charge < -0.3 is 25.2 Å². The van der Waals surface area contributed by atoms with Crippen molar-refractivity contribution in [2.45, 2.75) is 25.5 Å². The lowest BCUT2D eigenvalue weighted by atomic mass is 10.1. The van der Waals surface area contributed by atoms with Crippen LogP contribution in [0.25, 0.3) is 0 Å². The number of hydrogen-bond acceptors (Lipinski definition) is 4. The molecule has 2 aromatic rings. The number of para-hydroxylation sites is 1. The molecule has 2 heterocycles. The second-order valence-electron chi connectivity index (χ2n) is 7.96. The highest BCUT2D eigenvalue weighted by Crippen LogP contribution is 2.19. The van der Waals surface area contributed by atoms with Crippen molar-refractivity contribution in [1.29, 1.82) is 0 Å². The van der Waals surface area contributed by atoms with Crippen LogP contribution in [0, 0.1) is 0 Å². The number of hydrogen-bond donors (Lipinski definition) is 2. The average molecular weight is 549 g/mol. The van der Waals surface area contributed by atoms with Gasteiger partial charge in [-0.2, -0.15) is 0 Å². The van der Waals surface area contributed by atoms with Gasteiger partial charge in [-0.15, -0.1) is 24.0 Å². The molecule has 0 aromatic heterocycles. The van der Waals surface area contributed by atoms with Gasteiger partial charge in [0.1, 0.15) is 11.9 Å². The van der Waals surface area contributed by atoms with Crippen molar-refractivity contribution in [3.05, 3.63) is 60.2 Å². The van der Waals surface area contributed by atoms with Crippen molar-refractivity contribution >= 4 is 41.5 Å². The lowest BCUT2D eigenvalue weighted by Gasteiger charge is -2.34. The van der Waals surface area contributed by atoms with Crippen LogP contribution in [-0.4, -0.2) is 62.6 Å². The highest BCUT2D eigenvalue weighted by Gasteiger charge is 2.22. The first kappa shape index (κ1) is 24.2. The van der Waals surface area contributed by atoms with Gasteiger partial charge in [-0.3, -0.25) is 9.79 Å². The van der Waals surface area contributed by atoms with Gasteiger partial charge in [0.2, 0.25) is 5.91 Å². The summed E-state index contributed by atoms with van der Waals surface area (Å²) in [4.78, 5) is 20.5. The summed E-state index contributed by atoms with van der Waals surface area (Å²) in [6.45, 7) is 4.54. The van der Waals surface area contributed by atoms with Crippen molar-refractivity contribution in [3.8, 4) is 5.75 Å². The highest BCUT2D eigenvalue weighted by molar-refractivity contribution is 14.0. The summed E-state index contributed by atoms with van der Waals surface area (Å²) in [6, 6.07) is 18.4. The molecule has 2 aromatic carbocycles. The molecule has 2 aliphatic rings. The van der Waals surface area contributed by atoms with E-state index >= 15 is 0 Å². The fraction of sp³-hybridized carbons (Fsp3) is 0.417. The fourth-order valence-electron chi connectivity index (χ4n) is 4.07. The van der Waals surface area contributed by atoms with Crippen molar-refractivity contribution in [2.24, 2.45) is 4.99 Å². The lowest BCUT2D eigenvalue weighted by Crippen LogP contribution is -2.47. The summed E-state index contributed by atoms with van der Waals surface area (Å²) >= 11 is 0. The van der Waals surface area contributed by atoms with Gasteiger partial charge in [-0.1, -0.05) is 30.3 Å². The molecule has 172 valence electrons. The van der Waals surface area contributed by atoms with Crippen LogP contribution in [0.4, 0.5) is 5.69 Å². The summed E-state index contributed by atoms with van der Waals surface area (Å²) in [7, 11) is 1.83. The highest BCUT2D eigenvalue weighted by atomic mass is 127. The summed E-state index contributed by atoms with van der Waals surface area (Å²) in [5, 5.41) is 6.35. The minimum Gasteiger partial charge on any atom is -0.490 e. The van der Waals surface area contributed by atoms with Gasteiger partial charge in [0, 0.05) is 58.3 Å². The Morgan fingerprint density at radius 2 is 1.81 bits per heavy atom. The molecule has 4 rings (SSSR count). The van der Waals surface area contributed by atoms with E-state index in [1.165, 1.54) is 5.56 Å². The molecule has 1 amide bonds. The number of amides is 1. The molecule has 0 unspecified atom stereocenters. The lowest BCUT2D eigenvalue weighted by molar-refractivity contribution is -0.120. The number of aliphatic imine (C=N–C) groups is 1. The maximum absolute atomic E-state index is 11.6. The number of ether oxygens (including phenoxy) is 1. The molecule has 7 nitrogen and oxygen atoms in total. The number of benzene rings is 2. The van der Waals surface area contributed by atoms with Crippen LogP contribution < -0.4 is 20.3 Å². The summed E-state index contributed by atoms with van der Waals surface area (Å²) in [5.41, 5.74) is 2.28. The number of piperidine rings is 1. The van der Waals surface area contributed by atoms with Crippen LogP contribution in [0.3, 0.4) is 0 Å². The topological polar surface area (TPSA) is 69.2 Å². The number of anilines is 1. The van der Waals surface area contributed by atoms with Crippen LogP contribution in [-0.2, 0) is 11.3 Å². The third-order valence-electron chi connectivity index (χ3n) is 5.79. The molecule has 0 atom stereocenters. The molecule has 0 radical (unpaired) electrons. The smallest absolute Gasteiger partial charge is 0.239 e. The number of nitrogens with zero attached hydrogens (tertiary/aromatic N) is 3. The van der Waals surface area contributed by atoms with Crippen molar-refractivity contribution in [3.63, 3.8) is 0 Å². The molecule has 8 heteroatoms. The molecule has 2 aliphatic heterocycles. The van der Waals surface area contributed by atoms with E-state index in [9.17, 15) is 4.79 Å². The van der Waals surface area contributed by atoms with E-state index in [1.807, 2.05) is 37.4 Å². The SMILES string of the molecule is CN=C(NCc1ccc(N2CCNC(=O)C2)cc1)N1CCC(Oc2ccccc2)CC1.I. The molecular formula is C24H32IN5O2. The minimum absolute atomic E-state index is 0. The molecule has 2 fully saturated rings. The first-order valence-corrected chi connectivity index (χ1v) is 11.0. The third-order valence-corrected chi connectivity index (χ3v) is 5.79. The Hall–Kier alpha value is -2.49. The predicted molar refractivity (Wildman–Crippen MR) is 139 cm³/mol. The van der Waals surface area contributed by atoms with E-state index in [1.54, 1.807) is 0 Å². The quantitative estimate of drug-likeness (QED) is 0.341. The second kappa shape index (κ2) is 11.9.